The molecule has 8 nitrogen and oxygen atoms in total. The summed E-state index contributed by atoms with van der Waals surface area (Å²) in [5.41, 5.74) is 3.20. The maximum atomic E-state index is 11.5. The van der Waals surface area contributed by atoms with Gasteiger partial charge in [-0.2, -0.15) is 21.0 Å². The van der Waals surface area contributed by atoms with Crippen LogP contribution in [0.2, 0.25) is 0 Å². The quantitative estimate of drug-likeness (QED) is 0.352. The SMILES string of the molecule is N#Cc1ccc(C=Cc2cccc(C=Cc3ccc(C#N)cc3[NH+]([O-])O)c2)c([NH+]([O-])O)c1. The highest BCUT2D eigenvalue weighted by atomic mass is 16.8. The van der Waals surface area contributed by atoms with E-state index >= 15 is 0 Å². The van der Waals surface area contributed by atoms with Crippen LogP contribution in [0.3, 0.4) is 0 Å². The van der Waals surface area contributed by atoms with Crippen molar-refractivity contribution < 1.29 is 20.9 Å². The van der Waals surface area contributed by atoms with Crippen molar-refractivity contribution in [3.8, 4) is 12.1 Å². The molecule has 0 saturated carbocycles. The first-order chi connectivity index (χ1) is 15.4. The van der Waals surface area contributed by atoms with Crippen LogP contribution < -0.4 is 10.5 Å². The Labute approximate surface area is 184 Å². The van der Waals surface area contributed by atoms with Crippen molar-refractivity contribution in [1.82, 2.24) is 0 Å². The van der Waals surface area contributed by atoms with Crippen molar-refractivity contribution in [2.45, 2.75) is 0 Å². The Hall–Kier alpha value is -4.12. The number of hydrogen-bond acceptors (Lipinski definition) is 6. The summed E-state index contributed by atoms with van der Waals surface area (Å²) in [7, 11) is 0. The summed E-state index contributed by atoms with van der Waals surface area (Å²) in [6.45, 7) is 0. The van der Waals surface area contributed by atoms with Gasteiger partial charge in [0.25, 0.3) is 0 Å². The van der Waals surface area contributed by atoms with Crippen LogP contribution in [0.5, 0.6) is 0 Å². The van der Waals surface area contributed by atoms with E-state index in [9.17, 15) is 20.8 Å². The first-order valence-corrected chi connectivity index (χ1v) is 9.42. The van der Waals surface area contributed by atoms with Crippen molar-refractivity contribution in [3.05, 3.63) is 104 Å². The van der Waals surface area contributed by atoms with E-state index < -0.39 is 10.5 Å². The highest BCUT2D eigenvalue weighted by Gasteiger charge is 2.09. The molecule has 3 rings (SSSR count). The summed E-state index contributed by atoms with van der Waals surface area (Å²) in [5.74, 6) is 0. The second kappa shape index (κ2) is 10.3. The lowest BCUT2D eigenvalue weighted by Crippen LogP contribution is -2.99. The molecule has 0 aliphatic rings. The van der Waals surface area contributed by atoms with Crippen LogP contribution >= 0.6 is 0 Å². The topological polar surface area (TPSA) is 143 Å². The van der Waals surface area contributed by atoms with E-state index in [1.807, 2.05) is 36.4 Å². The monoisotopic (exact) mass is 426 g/mol. The zero-order valence-corrected chi connectivity index (χ0v) is 16.7. The number of nitrogens with zero attached hydrogens (tertiary/aromatic N) is 2. The molecule has 3 aromatic rings. The molecular formula is C24H18N4O4. The minimum atomic E-state index is -1.12. The summed E-state index contributed by atoms with van der Waals surface area (Å²) in [4.78, 5) is 0. The van der Waals surface area contributed by atoms with E-state index in [1.54, 1.807) is 48.6 Å². The highest BCUT2D eigenvalue weighted by Crippen LogP contribution is 2.20. The van der Waals surface area contributed by atoms with Gasteiger partial charge in [-0.1, -0.05) is 30.4 Å². The van der Waals surface area contributed by atoms with E-state index in [4.69, 9.17) is 10.5 Å². The lowest BCUT2D eigenvalue weighted by atomic mass is 10.0. The van der Waals surface area contributed by atoms with Crippen LogP contribution in [-0.4, -0.2) is 10.4 Å². The molecule has 4 N–H and O–H groups in total. The van der Waals surface area contributed by atoms with Crippen LogP contribution in [0.4, 0.5) is 11.4 Å². The first kappa shape index (κ1) is 22.6. The molecule has 0 amide bonds. The maximum absolute atomic E-state index is 11.5. The van der Waals surface area contributed by atoms with Crippen molar-refractivity contribution in [2.75, 3.05) is 0 Å². The Morgan fingerprint density at radius 2 is 1.09 bits per heavy atom. The third-order valence-corrected chi connectivity index (χ3v) is 4.65. The molecular weight excluding hydrogens is 408 g/mol. The number of quaternary nitrogens is 2. The van der Waals surface area contributed by atoms with Gasteiger partial charge in [-0.3, -0.25) is 0 Å². The summed E-state index contributed by atoms with van der Waals surface area (Å²) in [6.07, 6.45) is 6.85. The predicted molar refractivity (Wildman–Crippen MR) is 118 cm³/mol. The number of rotatable bonds is 6. The fourth-order valence-corrected chi connectivity index (χ4v) is 3.05. The molecule has 0 radical (unpaired) electrons. The van der Waals surface area contributed by atoms with Crippen LogP contribution in [-0.2, 0) is 0 Å². The average molecular weight is 426 g/mol. The van der Waals surface area contributed by atoms with Gasteiger partial charge in [0.1, 0.15) is 0 Å². The van der Waals surface area contributed by atoms with Gasteiger partial charge < -0.3 is 10.4 Å². The fraction of sp³-hybridized carbons (Fsp3) is 0. The zero-order valence-electron chi connectivity index (χ0n) is 16.7. The van der Waals surface area contributed by atoms with Crippen LogP contribution in [0.25, 0.3) is 24.3 Å². The molecule has 3 aromatic carbocycles. The third kappa shape index (κ3) is 5.52. The molecule has 0 spiro atoms. The molecule has 0 aliphatic carbocycles. The van der Waals surface area contributed by atoms with E-state index in [2.05, 4.69) is 0 Å². The number of nitrogens with one attached hydrogen (secondary N) is 2. The van der Waals surface area contributed by atoms with Gasteiger partial charge in [-0.05, 0) is 53.6 Å². The first-order valence-electron chi connectivity index (χ1n) is 9.42. The molecule has 2 atom stereocenters. The second-order valence-electron chi connectivity index (χ2n) is 6.77. The minimum absolute atomic E-state index is 0.0402. The number of hydrogen-bond donors (Lipinski definition) is 4. The maximum Gasteiger partial charge on any atom is 0.172 e. The molecule has 2 unspecified atom stereocenters. The molecule has 8 heteroatoms. The molecule has 0 aliphatic heterocycles. The normalized spacial score (nSPS) is 13.1. The van der Waals surface area contributed by atoms with Gasteiger partial charge in [-0.15, -0.1) is 0 Å². The van der Waals surface area contributed by atoms with Crippen molar-refractivity contribution >= 4 is 35.7 Å². The van der Waals surface area contributed by atoms with Crippen LogP contribution in [0, 0.1) is 33.1 Å². The number of nitriles is 2. The third-order valence-electron chi connectivity index (χ3n) is 4.65. The molecule has 0 aromatic heterocycles. The van der Waals surface area contributed by atoms with E-state index in [0.717, 1.165) is 11.1 Å². The molecule has 32 heavy (non-hydrogen) atoms. The lowest BCUT2D eigenvalue weighted by Gasteiger charge is -2.14. The molecule has 0 bridgehead atoms. The van der Waals surface area contributed by atoms with E-state index in [0.29, 0.717) is 11.1 Å². The van der Waals surface area contributed by atoms with Crippen molar-refractivity contribution in [3.63, 3.8) is 0 Å². The van der Waals surface area contributed by atoms with Crippen LogP contribution in [0.15, 0.2) is 60.7 Å². The van der Waals surface area contributed by atoms with Gasteiger partial charge in [-0.25, -0.2) is 10.4 Å². The Bertz CT molecular complexity index is 1170. The second-order valence-corrected chi connectivity index (χ2v) is 6.77. The van der Waals surface area contributed by atoms with Crippen LogP contribution in [0.1, 0.15) is 33.4 Å². The summed E-state index contributed by atoms with van der Waals surface area (Å²) in [6, 6.07) is 20.2. The van der Waals surface area contributed by atoms with Crippen molar-refractivity contribution in [1.29, 1.82) is 10.5 Å². The Morgan fingerprint density at radius 1 is 0.656 bits per heavy atom. The molecule has 0 saturated heterocycles. The summed E-state index contributed by atoms with van der Waals surface area (Å²) < 4.78 is 0. The Balaban J connectivity index is 1.86. The number of benzene rings is 3. The summed E-state index contributed by atoms with van der Waals surface area (Å²) in [5, 5.41) is 57.4. The minimum Gasteiger partial charge on any atom is -0.595 e. The van der Waals surface area contributed by atoms with Crippen molar-refractivity contribution in [2.24, 2.45) is 0 Å². The van der Waals surface area contributed by atoms with E-state index in [1.165, 1.54) is 12.1 Å². The Kier molecular flexibility index (Phi) is 7.24. The smallest absolute Gasteiger partial charge is 0.172 e. The van der Waals surface area contributed by atoms with Gasteiger partial charge in [0.05, 0.1) is 23.3 Å². The van der Waals surface area contributed by atoms with Gasteiger partial charge in [0.15, 0.2) is 11.4 Å². The van der Waals surface area contributed by atoms with E-state index in [-0.39, 0.29) is 22.5 Å². The zero-order chi connectivity index (χ0) is 23.1. The molecule has 0 fully saturated rings. The largest absolute Gasteiger partial charge is 0.595 e. The van der Waals surface area contributed by atoms with Gasteiger partial charge in [0.2, 0.25) is 0 Å². The summed E-state index contributed by atoms with van der Waals surface area (Å²) >= 11 is 0. The fourth-order valence-electron chi connectivity index (χ4n) is 3.05. The molecule has 158 valence electrons. The predicted octanol–water partition coefficient (Wildman–Crippen LogP) is 2.58. The lowest BCUT2D eigenvalue weighted by molar-refractivity contribution is -0.991. The average Bonchev–Trinajstić information content (AvgIpc) is 2.81. The van der Waals surface area contributed by atoms with Gasteiger partial charge in [0, 0.05) is 23.3 Å². The Morgan fingerprint density at radius 3 is 1.47 bits per heavy atom. The standard InChI is InChI=1S/C24H18N4O4/c25-15-19-6-10-21(23(13-19)27(29)30)8-4-17-2-1-3-18(12-17)5-9-22-11-7-20(16-26)14-24(22)28(31)32/h1-14,27-29,31H. The highest BCUT2D eigenvalue weighted by molar-refractivity contribution is 5.78. The van der Waals surface area contributed by atoms with Gasteiger partial charge >= 0.3 is 0 Å². The molecule has 0 heterocycles.